The molecule has 0 radical (unpaired) electrons. The Hall–Kier alpha value is -1.47. The third-order valence-corrected chi connectivity index (χ3v) is 4.33. The summed E-state index contributed by atoms with van der Waals surface area (Å²) in [5.41, 5.74) is 0. The van der Waals surface area contributed by atoms with Gasteiger partial charge in [-0.25, -0.2) is 4.99 Å². The maximum absolute atomic E-state index is 12.2. The molecule has 0 aromatic rings. The quantitative estimate of drug-likeness (QED) is 0.396. The Balaban J connectivity index is 2.40. The van der Waals surface area contributed by atoms with Gasteiger partial charge in [-0.15, -0.1) is 0 Å². The Morgan fingerprint density at radius 1 is 1.12 bits per heavy atom. The maximum Gasteiger partial charge on any atom is 0.389 e. The molecule has 146 valence electrons. The first-order valence-corrected chi connectivity index (χ1v) is 9.07. The van der Waals surface area contributed by atoms with Gasteiger partial charge in [-0.1, -0.05) is 19.3 Å². The van der Waals surface area contributed by atoms with Crippen molar-refractivity contribution >= 4 is 11.9 Å². The van der Waals surface area contributed by atoms with Crippen molar-refractivity contribution in [2.24, 2.45) is 10.9 Å². The Kier molecular flexibility index (Phi) is 9.67. The highest BCUT2D eigenvalue weighted by atomic mass is 19.4. The molecule has 1 aliphatic rings. The molecule has 0 bridgehead atoms. The fourth-order valence-electron chi connectivity index (χ4n) is 2.75. The molecule has 1 amide bonds. The largest absolute Gasteiger partial charge is 0.389 e. The van der Waals surface area contributed by atoms with E-state index in [0.717, 1.165) is 6.54 Å². The number of amides is 1. The Morgan fingerprint density at radius 2 is 1.80 bits per heavy atom. The summed E-state index contributed by atoms with van der Waals surface area (Å²) in [7, 11) is 3.33. The molecule has 2 N–H and O–H groups in total. The van der Waals surface area contributed by atoms with E-state index in [9.17, 15) is 18.0 Å². The molecular formula is C17H31F3N4O. The lowest BCUT2D eigenvalue weighted by atomic mass is 9.89. The molecule has 0 unspecified atom stereocenters. The minimum atomic E-state index is -4.10. The highest BCUT2D eigenvalue weighted by Gasteiger charge is 2.25. The number of hydrogen-bond donors (Lipinski definition) is 2. The highest BCUT2D eigenvalue weighted by molar-refractivity contribution is 5.84. The number of nitrogens with zero attached hydrogens (tertiary/aromatic N) is 2. The normalized spacial score (nSPS) is 16.6. The first-order chi connectivity index (χ1) is 11.8. The lowest BCUT2D eigenvalue weighted by Gasteiger charge is -2.23. The van der Waals surface area contributed by atoms with Gasteiger partial charge in [-0.05, 0) is 31.6 Å². The number of guanidine groups is 1. The Bertz CT molecular complexity index is 419. The molecule has 0 atom stereocenters. The molecule has 0 saturated heterocycles. The first kappa shape index (κ1) is 21.6. The van der Waals surface area contributed by atoms with Crippen LogP contribution in [0.3, 0.4) is 0 Å². The van der Waals surface area contributed by atoms with Crippen LogP contribution >= 0.6 is 0 Å². The lowest BCUT2D eigenvalue weighted by molar-refractivity contribution is -0.135. The average Bonchev–Trinajstić information content (AvgIpc) is 2.55. The molecule has 1 saturated carbocycles. The monoisotopic (exact) mass is 364 g/mol. The number of hydrogen-bond acceptors (Lipinski definition) is 2. The van der Waals surface area contributed by atoms with Gasteiger partial charge in [-0.3, -0.25) is 4.79 Å². The van der Waals surface area contributed by atoms with Gasteiger partial charge in [0.1, 0.15) is 6.54 Å². The zero-order valence-corrected chi connectivity index (χ0v) is 15.3. The second-order valence-electron chi connectivity index (χ2n) is 6.84. The van der Waals surface area contributed by atoms with Crippen molar-refractivity contribution in [3.8, 4) is 0 Å². The summed E-state index contributed by atoms with van der Waals surface area (Å²) in [5.74, 6) is 0.985. The van der Waals surface area contributed by atoms with E-state index >= 15 is 0 Å². The van der Waals surface area contributed by atoms with Crippen molar-refractivity contribution in [2.75, 3.05) is 33.7 Å². The number of rotatable bonds is 8. The van der Waals surface area contributed by atoms with Gasteiger partial charge >= 0.3 is 6.18 Å². The number of likely N-dealkylation sites (N-methyl/N-ethyl adjacent to an activating group) is 1. The second-order valence-corrected chi connectivity index (χ2v) is 6.84. The van der Waals surface area contributed by atoms with Gasteiger partial charge < -0.3 is 15.5 Å². The van der Waals surface area contributed by atoms with E-state index in [1.54, 1.807) is 14.1 Å². The second kappa shape index (κ2) is 11.2. The Morgan fingerprint density at radius 3 is 2.40 bits per heavy atom. The molecule has 1 fully saturated rings. The van der Waals surface area contributed by atoms with Crippen LogP contribution in [0.1, 0.15) is 51.4 Å². The zero-order valence-electron chi connectivity index (χ0n) is 15.3. The van der Waals surface area contributed by atoms with E-state index in [2.05, 4.69) is 15.6 Å². The molecule has 5 nitrogen and oxygen atoms in total. The number of aliphatic imine (C=N–C) groups is 1. The highest BCUT2D eigenvalue weighted by Crippen LogP contribution is 2.23. The molecule has 1 aliphatic carbocycles. The summed E-state index contributed by atoms with van der Waals surface area (Å²) in [5, 5.41) is 6.28. The minimum Gasteiger partial charge on any atom is -0.356 e. The molecule has 0 aliphatic heterocycles. The van der Waals surface area contributed by atoms with Crippen molar-refractivity contribution < 1.29 is 18.0 Å². The van der Waals surface area contributed by atoms with Gasteiger partial charge in [0.05, 0.1) is 0 Å². The maximum atomic E-state index is 12.2. The lowest BCUT2D eigenvalue weighted by Crippen LogP contribution is -2.41. The Labute approximate surface area is 148 Å². The van der Waals surface area contributed by atoms with Crippen LogP contribution in [0.4, 0.5) is 13.2 Å². The summed E-state index contributed by atoms with van der Waals surface area (Å²) in [6.45, 7) is 1.21. The predicted molar refractivity (Wildman–Crippen MR) is 93.5 cm³/mol. The van der Waals surface area contributed by atoms with Crippen molar-refractivity contribution in [3.63, 3.8) is 0 Å². The van der Waals surface area contributed by atoms with Crippen LogP contribution < -0.4 is 10.6 Å². The predicted octanol–water partition coefficient (Wildman–Crippen LogP) is 2.92. The van der Waals surface area contributed by atoms with Crippen molar-refractivity contribution in [1.82, 2.24) is 15.5 Å². The third kappa shape index (κ3) is 10.9. The summed E-state index contributed by atoms with van der Waals surface area (Å²) in [6.07, 6.45) is 1.75. The summed E-state index contributed by atoms with van der Waals surface area (Å²) >= 11 is 0. The molecule has 1 rings (SSSR count). The number of alkyl halides is 3. The molecule has 0 aromatic heterocycles. The van der Waals surface area contributed by atoms with Gasteiger partial charge in [0.25, 0.3) is 0 Å². The number of nitrogens with one attached hydrogen (secondary N) is 2. The van der Waals surface area contributed by atoms with Crippen molar-refractivity contribution in [3.05, 3.63) is 0 Å². The molecule has 0 heterocycles. The van der Waals surface area contributed by atoms with Gasteiger partial charge in [0, 0.05) is 33.6 Å². The average molecular weight is 364 g/mol. The topological polar surface area (TPSA) is 56.7 Å². The number of carbonyl (C=O) groups is 1. The molecule has 8 heteroatoms. The van der Waals surface area contributed by atoms with Gasteiger partial charge in [0.2, 0.25) is 5.91 Å². The van der Waals surface area contributed by atoms with Crippen LogP contribution in [0.25, 0.3) is 0 Å². The van der Waals surface area contributed by atoms with E-state index in [0.29, 0.717) is 24.8 Å². The van der Waals surface area contributed by atoms with Crippen molar-refractivity contribution in [2.45, 2.75) is 57.5 Å². The molecular weight excluding hydrogens is 333 g/mol. The van der Waals surface area contributed by atoms with E-state index in [1.165, 1.54) is 37.0 Å². The summed E-state index contributed by atoms with van der Waals surface area (Å²) < 4.78 is 36.5. The molecule has 25 heavy (non-hydrogen) atoms. The summed E-state index contributed by atoms with van der Waals surface area (Å²) in [6, 6.07) is 0. The molecule has 0 spiro atoms. The van der Waals surface area contributed by atoms with Gasteiger partial charge in [0.15, 0.2) is 5.96 Å². The van der Waals surface area contributed by atoms with Crippen LogP contribution in [-0.2, 0) is 4.79 Å². The number of unbranched alkanes of at least 4 members (excludes halogenated alkanes) is 1. The number of halogens is 3. The van der Waals surface area contributed by atoms with Crippen LogP contribution in [0.2, 0.25) is 0 Å². The van der Waals surface area contributed by atoms with Crippen LogP contribution in [0.5, 0.6) is 0 Å². The van der Waals surface area contributed by atoms with Gasteiger partial charge in [-0.2, -0.15) is 13.2 Å². The van der Waals surface area contributed by atoms with Crippen LogP contribution in [0, 0.1) is 5.92 Å². The first-order valence-electron chi connectivity index (χ1n) is 9.07. The van der Waals surface area contributed by atoms with Crippen molar-refractivity contribution in [1.29, 1.82) is 0 Å². The third-order valence-electron chi connectivity index (χ3n) is 4.33. The molecule has 0 aromatic carbocycles. The van der Waals surface area contributed by atoms with Crippen LogP contribution in [-0.4, -0.2) is 56.7 Å². The van der Waals surface area contributed by atoms with E-state index in [4.69, 9.17) is 0 Å². The minimum absolute atomic E-state index is 0.0234. The van der Waals surface area contributed by atoms with E-state index in [1.807, 2.05) is 0 Å². The standard InChI is InChI=1S/C17H31F3N4O/c1-24(2)15(25)13-23-16(21-11-7-6-10-17(18,19)20)22-12-14-8-4-3-5-9-14/h14H,3-13H2,1-2H3,(H2,21,22,23). The van der Waals surface area contributed by atoms with Crippen LogP contribution in [0.15, 0.2) is 4.99 Å². The SMILES string of the molecule is CN(C)C(=O)CN=C(NCCCCC(F)(F)F)NCC1CCCCC1. The number of carbonyl (C=O) groups excluding carboxylic acids is 1. The van der Waals surface area contributed by atoms with E-state index in [-0.39, 0.29) is 18.9 Å². The fraction of sp³-hybridized carbons (Fsp3) is 0.882. The zero-order chi connectivity index (χ0) is 18.7. The fourth-order valence-corrected chi connectivity index (χ4v) is 2.75. The smallest absolute Gasteiger partial charge is 0.356 e. The van der Waals surface area contributed by atoms with E-state index < -0.39 is 12.6 Å². The summed E-state index contributed by atoms with van der Waals surface area (Å²) in [4.78, 5) is 17.4.